The zero-order chi connectivity index (χ0) is 17.1. The number of hydrogen-bond donors (Lipinski definition) is 0. The third-order valence-corrected chi connectivity index (χ3v) is 10.2. The van der Waals surface area contributed by atoms with Crippen LogP contribution in [0.3, 0.4) is 0 Å². The van der Waals surface area contributed by atoms with Crippen molar-refractivity contribution in [2.24, 2.45) is 5.92 Å². The third-order valence-electron chi connectivity index (χ3n) is 5.66. The topological polar surface area (TPSA) is 9.23 Å². The predicted octanol–water partition coefficient (Wildman–Crippen LogP) is 7.24. The van der Waals surface area contributed by atoms with E-state index in [4.69, 9.17) is 16.0 Å². The van der Waals surface area contributed by atoms with Crippen molar-refractivity contribution in [3.05, 3.63) is 28.8 Å². The van der Waals surface area contributed by atoms with E-state index in [1.165, 1.54) is 44.1 Å². The number of benzene rings is 1. The number of rotatable bonds is 6. The molecule has 0 amide bonds. The molecule has 1 fully saturated rings. The lowest BCUT2D eigenvalue weighted by Gasteiger charge is -2.36. The highest BCUT2D eigenvalue weighted by Gasteiger charge is 2.39. The van der Waals surface area contributed by atoms with Crippen molar-refractivity contribution in [1.82, 2.24) is 0 Å². The Morgan fingerprint density at radius 2 is 1.78 bits per heavy atom. The van der Waals surface area contributed by atoms with Crippen LogP contribution in [0, 0.1) is 5.92 Å². The second kappa shape index (κ2) is 7.61. The standard InChI is InChI=1S/C20H33ClOSi/c1-20(2,3)23(4,5)22-19-14-17(13-18(21)15-19)12-8-11-16-9-6-7-10-16/h13-16H,6-12H2,1-5H3. The Morgan fingerprint density at radius 1 is 1.13 bits per heavy atom. The Kier molecular flexibility index (Phi) is 6.24. The summed E-state index contributed by atoms with van der Waals surface area (Å²) in [5.41, 5.74) is 1.32. The SMILES string of the molecule is CC(C)(C)[Si](C)(C)Oc1cc(Cl)cc(CCCC2CCCC2)c1. The fourth-order valence-corrected chi connectivity index (χ4v) is 4.43. The largest absolute Gasteiger partial charge is 0.543 e. The van der Waals surface area contributed by atoms with Crippen molar-refractivity contribution in [2.75, 3.05) is 0 Å². The molecule has 0 atom stereocenters. The molecular weight excluding hydrogens is 320 g/mol. The molecule has 0 heterocycles. The molecule has 0 unspecified atom stereocenters. The maximum absolute atomic E-state index is 6.42. The van der Waals surface area contributed by atoms with Gasteiger partial charge in [0.25, 0.3) is 0 Å². The predicted molar refractivity (Wildman–Crippen MR) is 104 cm³/mol. The van der Waals surface area contributed by atoms with E-state index in [-0.39, 0.29) is 5.04 Å². The van der Waals surface area contributed by atoms with Gasteiger partial charge in [-0.25, -0.2) is 0 Å². The molecular formula is C20H33ClOSi. The van der Waals surface area contributed by atoms with E-state index in [9.17, 15) is 0 Å². The normalized spacial score (nSPS) is 16.8. The fraction of sp³-hybridized carbons (Fsp3) is 0.700. The monoisotopic (exact) mass is 352 g/mol. The zero-order valence-electron chi connectivity index (χ0n) is 15.5. The lowest BCUT2D eigenvalue weighted by Crippen LogP contribution is -2.43. The van der Waals surface area contributed by atoms with E-state index >= 15 is 0 Å². The molecule has 1 aliphatic carbocycles. The van der Waals surface area contributed by atoms with Crippen molar-refractivity contribution < 1.29 is 4.43 Å². The van der Waals surface area contributed by atoms with Gasteiger partial charge in [0.15, 0.2) is 0 Å². The van der Waals surface area contributed by atoms with E-state index in [0.717, 1.165) is 23.1 Å². The summed E-state index contributed by atoms with van der Waals surface area (Å²) in [4.78, 5) is 0. The minimum absolute atomic E-state index is 0.206. The molecule has 3 heteroatoms. The number of hydrogen-bond acceptors (Lipinski definition) is 1. The molecule has 0 saturated heterocycles. The second-order valence-electron chi connectivity index (χ2n) is 8.70. The van der Waals surface area contributed by atoms with Gasteiger partial charge >= 0.3 is 0 Å². The quantitative estimate of drug-likeness (QED) is 0.490. The molecule has 1 aromatic carbocycles. The van der Waals surface area contributed by atoms with Gasteiger partial charge in [-0.05, 0) is 60.7 Å². The van der Waals surface area contributed by atoms with Gasteiger partial charge in [0.2, 0.25) is 8.32 Å². The van der Waals surface area contributed by atoms with Gasteiger partial charge < -0.3 is 4.43 Å². The number of aryl methyl sites for hydroxylation is 1. The average molecular weight is 353 g/mol. The molecule has 1 aliphatic rings. The Labute approximate surface area is 148 Å². The fourth-order valence-electron chi connectivity index (χ4n) is 3.17. The maximum Gasteiger partial charge on any atom is 0.250 e. The Hall–Kier alpha value is -0.473. The van der Waals surface area contributed by atoms with Crippen LogP contribution in [0.5, 0.6) is 5.75 Å². The highest BCUT2D eigenvalue weighted by atomic mass is 35.5. The summed E-state index contributed by atoms with van der Waals surface area (Å²) in [6.07, 6.45) is 9.50. The van der Waals surface area contributed by atoms with E-state index in [1.807, 2.05) is 6.07 Å². The first kappa shape index (κ1) is 18.9. The van der Waals surface area contributed by atoms with Crippen LogP contribution in [0.25, 0.3) is 0 Å². The van der Waals surface area contributed by atoms with Crippen molar-refractivity contribution >= 4 is 19.9 Å². The van der Waals surface area contributed by atoms with Crippen LogP contribution in [-0.4, -0.2) is 8.32 Å². The van der Waals surface area contributed by atoms with Gasteiger partial charge in [0.05, 0.1) is 0 Å². The lowest BCUT2D eigenvalue weighted by atomic mass is 9.98. The van der Waals surface area contributed by atoms with Gasteiger partial charge in [0.1, 0.15) is 5.75 Å². The number of halogens is 1. The molecule has 2 rings (SSSR count). The summed E-state index contributed by atoms with van der Waals surface area (Å²) in [6, 6.07) is 6.29. The zero-order valence-corrected chi connectivity index (χ0v) is 17.3. The second-order valence-corrected chi connectivity index (χ2v) is 13.9. The summed E-state index contributed by atoms with van der Waals surface area (Å²) in [5, 5.41) is 1.01. The molecule has 0 bridgehead atoms. The van der Waals surface area contributed by atoms with E-state index in [1.54, 1.807) is 0 Å². The highest BCUT2D eigenvalue weighted by molar-refractivity contribution is 6.74. The van der Waals surface area contributed by atoms with E-state index in [2.05, 4.69) is 46.0 Å². The van der Waals surface area contributed by atoms with E-state index < -0.39 is 8.32 Å². The van der Waals surface area contributed by atoms with Gasteiger partial charge in [-0.3, -0.25) is 0 Å². The third kappa shape index (κ3) is 5.53. The van der Waals surface area contributed by atoms with Crippen LogP contribution < -0.4 is 4.43 Å². The van der Waals surface area contributed by atoms with Crippen LogP contribution in [0.4, 0.5) is 0 Å². The Bertz CT molecular complexity index is 513. The smallest absolute Gasteiger partial charge is 0.250 e. The van der Waals surface area contributed by atoms with Crippen molar-refractivity contribution in [1.29, 1.82) is 0 Å². The molecule has 0 aromatic heterocycles. The first-order valence-corrected chi connectivity index (χ1v) is 12.4. The molecule has 1 nitrogen and oxygen atoms in total. The summed E-state index contributed by atoms with van der Waals surface area (Å²) in [5.74, 6) is 1.93. The van der Waals surface area contributed by atoms with Crippen LogP contribution in [0.2, 0.25) is 23.2 Å². The first-order chi connectivity index (χ1) is 10.7. The first-order valence-electron chi connectivity index (χ1n) is 9.16. The molecule has 0 aliphatic heterocycles. The highest BCUT2D eigenvalue weighted by Crippen LogP contribution is 2.38. The summed E-state index contributed by atoms with van der Waals surface area (Å²) in [7, 11) is -1.80. The van der Waals surface area contributed by atoms with Gasteiger partial charge in [-0.15, -0.1) is 0 Å². The Balaban J connectivity index is 1.97. The molecule has 1 saturated carbocycles. The lowest BCUT2D eigenvalue weighted by molar-refractivity contribution is 0.481. The molecule has 1 aromatic rings. The average Bonchev–Trinajstić information content (AvgIpc) is 2.89. The molecule has 0 N–H and O–H groups in total. The van der Waals surface area contributed by atoms with Gasteiger partial charge in [-0.2, -0.15) is 0 Å². The summed E-state index contributed by atoms with van der Waals surface area (Å²) < 4.78 is 6.42. The molecule has 0 radical (unpaired) electrons. The summed E-state index contributed by atoms with van der Waals surface area (Å²) in [6.45, 7) is 11.4. The minimum Gasteiger partial charge on any atom is -0.543 e. The molecule has 130 valence electrons. The Morgan fingerprint density at radius 3 is 2.39 bits per heavy atom. The van der Waals surface area contributed by atoms with Crippen molar-refractivity contribution in [2.45, 2.75) is 83.8 Å². The minimum atomic E-state index is -1.80. The van der Waals surface area contributed by atoms with Gasteiger partial charge in [0, 0.05) is 5.02 Å². The van der Waals surface area contributed by atoms with Crippen molar-refractivity contribution in [3.63, 3.8) is 0 Å². The maximum atomic E-state index is 6.42. The summed E-state index contributed by atoms with van der Waals surface area (Å²) >= 11 is 6.33. The van der Waals surface area contributed by atoms with Crippen LogP contribution in [0.15, 0.2) is 18.2 Å². The van der Waals surface area contributed by atoms with Crippen LogP contribution in [0.1, 0.15) is 64.9 Å². The van der Waals surface area contributed by atoms with Gasteiger partial charge in [-0.1, -0.05) is 64.5 Å². The molecule has 0 spiro atoms. The van der Waals surface area contributed by atoms with Crippen molar-refractivity contribution in [3.8, 4) is 5.75 Å². The van der Waals surface area contributed by atoms with E-state index in [0.29, 0.717) is 0 Å². The van der Waals surface area contributed by atoms with Crippen LogP contribution in [-0.2, 0) is 6.42 Å². The van der Waals surface area contributed by atoms with Crippen LogP contribution >= 0.6 is 11.6 Å². The molecule has 23 heavy (non-hydrogen) atoms.